The highest BCUT2D eigenvalue weighted by atomic mass is 16.1. The van der Waals surface area contributed by atoms with Crippen LogP contribution in [0.25, 0.3) is 0 Å². The average Bonchev–Trinajstić information content (AvgIpc) is 2.36. The van der Waals surface area contributed by atoms with E-state index in [1.165, 1.54) is 0 Å². The van der Waals surface area contributed by atoms with E-state index in [2.05, 4.69) is 18.9 Å². The van der Waals surface area contributed by atoms with Gasteiger partial charge in [0.25, 0.3) is 0 Å². The summed E-state index contributed by atoms with van der Waals surface area (Å²) in [5, 5.41) is 0. The van der Waals surface area contributed by atoms with Gasteiger partial charge in [-0.15, -0.1) is 0 Å². The van der Waals surface area contributed by atoms with Crippen molar-refractivity contribution in [3.63, 3.8) is 0 Å². The molecule has 0 radical (unpaired) electrons. The fourth-order valence-corrected chi connectivity index (χ4v) is 1.65. The van der Waals surface area contributed by atoms with Crippen molar-refractivity contribution in [3.8, 4) is 0 Å². The number of hydrogen-bond donors (Lipinski definition) is 0. The third-order valence-electron chi connectivity index (χ3n) is 2.34. The van der Waals surface area contributed by atoms with Crippen molar-refractivity contribution in [2.75, 3.05) is 20.1 Å². The Bertz CT molecular complexity index is 144. The van der Waals surface area contributed by atoms with Gasteiger partial charge in [-0.1, -0.05) is 6.92 Å². The van der Waals surface area contributed by atoms with E-state index in [0.29, 0.717) is 11.7 Å². The van der Waals surface area contributed by atoms with Crippen LogP contribution in [-0.2, 0) is 4.79 Å². The molecule has 11 heavy (non-hydrogen) atoms. The normalized spacial score (nSPS) is 25.8. The summed E-state index contributed by atoms with van der Waals surface area (Å²) in [6, 6.07) is 0. The monoisotopic (exact) mass is 155 g/mol. The van der Waals surface area contributed by atoms with Gasteiger partial charge in [-0.3, -0.25) is 4.79 Å². The molecule has 64 valence electrons. The first-order valence-electron chi connectivity index (χ1n) is 4.45. The summed E-state index contributed by atoms with van der Waals surface area (Å²) < 4.78 is 0. The number of carbonyl (C=O) groups is 1. The quantitative estimate of drug-likeness (QED) is 0.612. The van der Waals surface area contributed by atoms with Crippen LogP contribution in [-0.4, -0.2) is 30.8 Å². The highest BCUT2D eigenvalue weighted by Gasteiger charge is 2.24. The number of likely N-dealkylation sites (tertiary alicyclic amines) is 1. The van der Waals surface area contributed by atoms with Crippen LogP contribution in [0.1, 0.15) is 26.2 Å². The first-order valence-corrected chi connectivity index (χ1v) is 4.45. The molecule has 2 heteroatoms. The van der Waals surface area contributed by atoms with Gasteiger partial charge in [0, 0.05) is 18.9 Å². The van der Waals surface area contributed by atoms with E-state index in [4.69, 9.17) is 0 Å². The van der Waals surface area contributed by atoms with E-state index in [0.717, 1.165) is 32.4 Å². The molecule has 0 aromatic carbocycles. The lowest BCUT2D eigenvalue weighted by Crippen LogP contribution is -2.19. The Labute approximate surface area is 68.6 Å². The Balaban J connectivity index is 2.31. The summed E-state index contributed by atoms with van der Waals surface area (Å²) in [5.74, 6) is 0.816. The standard InChI is InChI=1S/C9H17NO/c1-3-4-9(11)8-5-6-10(2)7-8/h8H,3-7H2,1-2H3. The fourth-order valence-electron chi connectivity index (χ4n) is 1.65. The molecule has 1 saturated heterocycles. The van der Waals surface area contributed by atoms with Crippen LogP contribution in [0.4, 0.5) is 0 Å². The molecule has 1 fully saturated rings. The summed E-state index contributed by atoms with van der Waals surface area (Å²) in [6.07, 6.45) is 2.85. The first-order chi connectivity index (χ1) is 5.24. The highest BCUT2D eigenvalue weighted by Crippen LogP contribution is 2.16. The van der Waals surface area contributed by atoms with E-state index in [1.54, 1.807) is 0 Å². The van der Waals surface area contributed by atoms with Gasteiger partial charge >= 0.3 is 0 Å². The first kappa shape index (κ1) is 8.72. The Morgan fingerprint density at radius 3 is 2.82 bits per heavy atom. The van der Waals surface area contributed by atoms with Crippen LogP contribution in [0, 0.1) is 5.92 Å². The molecule has 0 N–H and O–H groups in total. The largest absolute Gasteiger partial charge is 0.306 e. The molecule has 0 aliphatic carbocycles. The minimum absolute atomic E-state index is 0.347. The molecule has 0 saturated carbocycles. The van der Waals surface area contributed by atoms with Crippen LogP contribution < -0.4 is 0 Å². The summed E-state index contributed by atoms with van der Waals surface area (Å²) in [4.78, 5) is 13.6. The molecule has 1 heterocycles. The summed E-state index contributed by atoms with van der Waals surface area (Å²) >= 11 is 0. The Hall–Kier alpha value is -0.370. The predicted molar refractivity (Wildman–Crippen MR) is 45.5 cm³/mol. The molecule has 0 bridgehead atoms. The van der Waals surface area contributed by atoms with E-state index in [-0.39, 0.29) is 0 Å². The lowest BCUT2D eigenvalue weighted by Gasteiger charge is -2.07. The van der Waals surface area contributed by atoms with Crippen LogP contribution in [0.3, 0.4) is 0 Å². The molecule has 1 aliphatic heterocycles. The number of nitrogens with zero attached hydrogens (tertiary/aromatic N) is 1. The predicted octanol–water partition coefficient (Wildman–Crippen LogP) is 1.31. The number of hydrogen-bond acceptors (Lipinski definition) is 2. The average molecular weight is 155 g/mol. The van der Waals surface area contributed by atoms with Gasteiger partial charge in [0.05, 0.1) is 0 Å². The maximum Gasteiger partial charge on any atom is 0.137 e. The van der Waals surface area contributed by atoms with Gasteiger partial charge < -0.3 is 4.90 Å². The van der Waals surface area contributed by atoms with Crippen molar-refractivity contribution in [1.82, 2.24) is 4.90 Å². The van der Waals surface area contributed by atoms with Crippen molar-refractivity contribution in [2.45, 2.75) is 26.2 Å². The maximum absolute atomic E-state index is 11.4. The zero-order valence-corrected chi connectivity index (χ0v) is 7.47. The van der Waals surface area contributed by atoms with Crippen LogP contribution in [0.15, 0.2) is 0 Å². The van der Waals surface area contributed by atoms with E-state index >= 15 is 0 Å². The third kappa shape index (κ3) is 2.29. The number of carbonyl (C=O) groups excluding carboxylic acids is 1. The van der Waals surface area contributed by atoms with E-state index in [9.17, 15) is 4.79 Å². The van der Waals surface area contributed by atoms with Gasteiger partial charge in [-0.25, -0.2) is 0 Å². The Morgan fingerprint density at radius 1 is 1.64 bits per heavy atom. The van der Waals surface area contributed by atoms with Gasteiger partial charge in [0.1, 0.15) is 5.78 Å². The number of Topliss-reactive ketones (excluding diaryl/α,β-unsaturated/α-hetero) is 1. The number of rotatable bonds is 3. The van der Waals surface area contributed by atoms with Gasteiger partial charge in [0.2, 0.25) is 0 Å². The maximum atomic E-state index is 11.4. The molecule has 0 spiro atoms. The molecule has 1 rings (SSSR count). The van der Waals surface area contributed by atoms with Crippen LogP contribution in [0.5, 0.6) is 0 Å². The van der Waals surface area contributed by atoms with E-state index < -0.39 is 0 Å². The molecule has 0 aromatic rings. The minimum Gasteiger partial charge on any atom is -0.306 e. The van der Waals surface area contributed by atoms with Crippen molar-refractivity contribution >= 4 is 5.78 Å². The molecular formula is C9H17NO. The van der Waals surface area contributed by atoms with Crippen LogP contribution in [0.2, 0.25) is 0 Å². The molecule has 1 aliphatic rings. The lowest BCUT2D eigenvalue weighted by atomic mass is 10.0. The zero-order chi connectivity index (χ0) is 8.27. The fraction of sp³-hybridized carbons (Fsp3) is 0.889. The molecular weight excluding hydrogens is 138 g/mol. The van der Waals surface area contributed by atoms with Crippen molar-refractivity contribution in [3.05, 3.63) is 0 Å². The van der Waals surface area contributed by atoms with Gasteiger partial charge in [-0.2, -0.15) is 0 Å². The summed E-state index contributed by atoms with van der Waals surface area (Å²) in [6.45, 7) is 4.15. The lowest BCUT2D eigenvalue weighted by molar-refractivity contribution is -0.122. The van der Waals surface area contributed by atoms with Crippen LogP contribution >= 0.6 is 0 Å². The zero-order valence-electron chi connectivity index (χ0n) is 7.47. The Morgan fingerprint density at radius 2 is 2.36 bits per heavy atom. The van der Waals surface area contributed by atoms with E-state index in [1.807, 2.05) is 0 Å². The smallest absolute Gasteiger partial charge is 0.137 e. The molecule has 2 nitrogen and oxygen atoms in total. The molecule has 0 aromatic heterocycles. The second kappa shape index (κ2) is 3.86. The molecule has 0 amide bonds. The molecule has 1 atom stereocenters. The SMILES string of the molecule is CCCC(=O)C1CCN(C)C1. The summed E-state index contributed by atoms with van der Waals surface area (Å²) in [5.41, 5.74) is 0. The minimum atomic E-state index is 0.347. The topological polar surface area (TPSA) is 20.3 Å². The van der Waals surface area contributed by atoms with Crippen molar-refractivity contribution in [2.24, 2.45) is 5.92 Å². The molecule has 1 unspecified atom stereocenters. The Kier molecular flexibility index (Phi) is 3.06. The third-order valence-corrected chi connectivity index (χ3v) is 2.34. The second-order valence-electron chi connectivity index (χ2n) is 3.46. The summed E-state index contributed by atoms with van der Waals surface area (Å²) in [7, 11) is 2.08. The van der Waals surface area contributed by atoms with Crippen molar-refractivity contribution in [1.29, 1.82) is 0 Å². The van der Waals surface area contributed by atoms with Gasteiger partial charge in [0.15, 0.2) is 0 Å². The second-order valence-corrected chi connectivity index (χ2v) is 3.46. The number of ketones is 1. The highest BCUT2D eigenvalue weighted by molar-refractivity contribution is 5.81. The van der Waals surface area contributed by atoms with Crippen molar-refractivity contribution < 1.29 is 4.79 Å². The van der Waals surface area contributed by atoms with Gasteiger partial charge in [-0.05, 0) is 26.4 Å².